The number of carbonyl (C=O) groups excluding carboxylic acids is 3. The fraction of sp³-hybridized carbons (Fsp3) is 0.100. The summed E-state index contributed by atoms with van der Waals surface area (Å²) >= 11 is 0.887. The lowest BCUT2D eigenvalue weighted by Crippen LogP contribution is -2.37. The summed E-state index contributed by atoms with van der Waals surface area (Å²) in [6.07, 6.45) is 1.68. The Hall–Kier alpha value is -3.37. The first-order chi connectivity index (χ1) is 13.1. The number of carbonyl (C=O) groups is 3. The van der Waals surface area contributed by atoms with Gasteiger partial charge < -0.3 is 5.32 Å². The summed E-state index contributed by atoms with van der Waals surface area (Å²) in [5, 5.41) is 11.2. The number of nitrogens with one attached hydrogen (secondary N) is 1. The number of rotatable bonds is 5. The van der Waals surface area contributed by atoms with E-state index in [0.29, 0.717) is 16.0 Å². The van der Waals surface area contributed by atoms with E-state index >= 15 is 0 Å². The van der Waals surface area contributed by atoms with Crippen molar-refractivity contribution in [2.45, 2.75) is 0 Å². The average molecular weight is 377 g/mol. The van der Waals surface area contributed by atoms with Crippen molar-refractivity contribution >= 4 is 34.9 Å². The van der Waals surface area contributed by atoms with E-state index in [1.807, 2.05) is 36.4 Å². The molecule has 1 saturated heterocycles. The van der Waals surface area contributed by atoms with Gasteiger partial charge in [0.1, 0.15) is 0 Å². The van der Waals surface area contributed by atoms with Crippen molar-refractivity contribution in [3.8, 4) is 6.07 Å². The van der Waals surface area contributed by atoms with Crippen molar-refractivity contribution in [3.63, 3.8) is 0 Å². The number of thioether (sulfide) groups is 1. The van der Waals surface area contributed by atoms with Crippen molar-refractivity contribution in [1.29, 1.82) is 5.26 Å². The molecule has 0 unspecified atom stereocenters. The number of hydrogen-bond donors (Lipinski definition) is 1. The lowest BCUT2D eigenvalue weighted by atomic mass is 10.1. The van der Waals surface area contributed by atoms with Gasteiger partial charge in [-0.05, 0) is 41.6 Å². The van der Waals surface area contributed by atoms with Crippen molar-refractivity contribution in [2.24, 2.45) is 0 Å². The topological polar surface area (TPSA) is 90.3 Å². The van der Waals surface area contributed by atoms with Gasteiger partial charge in [-0.3, -0.25) is 19.3 Å². The molecular formula is C20H15N3O3S. The van der Waals surface area contributed by atoms with Gasteiger partial charge in [0.05, 0.1) is 16.5 Å². The van der Waals surface area contributed by atoms with Crippen molar-refractivity contribution < 1.29 is 14.4 Å². The first kappa shape index (κ1) is 18.4. The van der Waals surface area contributed by atoms with Crippen LogP contribution in [0, 0.1) is 11.3 Å². The molecule has 6 nitrogen and oxygen atoms in total. The molecule has 0 bridgehead atoms. The van der Waals surface area contributed by atoms with Crippen LogP contribution in [0.2, 0.25) is 0 Å². The molecule has 0 aliphatic carbocycles. The predicted molar refractivity (Wildman–Crippen MR) is 103 cm³/mol. The maximum Gasteiger partial charge on any atom is 0.293 e. The molecule has 3 rings (SSSR count). The van der Waals surface area contributed by atoms with E-state index in [-0.39, 0.29) is 30.1 Å². The Morgan fingerprint density at radius 3 is 2.67 bits per heavy atom. The molecule has 7 heteroatoms. The molecule has 2 aromatic rings. The second kappa shape index (κ2) is 8.34. The zero-order chi connectivity index (χ0) is 19.2. The Bertz CT molecular complexity index is 964. The highest BCUT2D eigenvalue weighted by atomic mass is 32.2. The van der Waals surface area contributed by atoms with Gasteiger partial charge in [0.2, 0.25) is 0 Å². The van der Waals surface area contributed by atoms with Gasteiger partial charge in [0.15, 0.2) is 0 Å². The molecule has 0 saturated carbocycles. The fourth-order valence-corrected chi connectivity index (χ4v) is 3.37. The van der Waals surface area contributed by atoms with Crippen LogP contribution in [0.3, 0.4) is 0 Å². The number of nitrogens with zero attached hydrogens (tertiary/aromatic N) is 2. The van der Waals surface area contributed by atoms with E-state index in [0.717, 1.165) is 22.2 Å². The van der Waals surface area contributed by atoms with Gasteiger partial charge in [0.25, 0.3) is 17.1 Å². The normalized spacial score (nSPS) is 15.1. The Labute approximate surface area is 160 Å². The molecule has 0 aromatic heterocycles. The molecule has 1 aliphatic heterocycles. The fourth-order valence-electron chi connectivity index (χ4n) is 2.51. The average Bonchev–Trinajstić information content (AvgIpc) is 2.96. The highest BCUT2D eigenvalue weighted by Crippen LogP contribution is 2.31. The third-order valence-electron chi connectivity index (χ3n) is 3.85. The molecule has 27 heavy (non-hydrogen) atoms. The highest BCUT2D eigenvalue weighted by Gasteiger charge is 2.34. The third kappa shape index (κ3) is 4.43. The third-order valence-corrected chi connectivity index (χ3v) is 4.75. The monoisotopic (exact) mass is 377 g/mol. The summed E-state index contributed by atoms with van der Waals surface area (Å²) in [7, 11) is 0. The molecule has 1 aliphatic rings. The smallest absolute Gasteiger partial charge is 0.293 e. The van der Waals surface area contributed by atoms with Gasteiger partial charge in [-0.25, -0.2) is 0 Å². The first-order valence-corrected chi connectivity index (χ1v) is 8.99. The van der Waals surface area contributed by atoms with E-state index in [2.05, 4.69) is 5.32 Å². The van der Waals surface area contributed by atoms with Crippen LogP contribution < -0.4 is 5.32 Å². The second-order valence-electron chi connectivity index (χ2n) is 5.69. The molecule has 3 amide bonds. The van der Waals surface area contributed by atoms with E-state index < -0.39 is 0 Å². The van der Waals surface area contributed by atoms with E-state index in [1.165, 1.54) is 6.07 Å². The standard InChI is InChI=1S/C20H15N3O3S/c21-13-15-7-4-8-16(11-15)18(24)22-9-10-23-19(25)17(27-20(23)26)12-14-5-2-1-3-6-14/h1-8,11-12H,9-10H2,(H,22,24). The van der Waals surface area contributed by atoms with Gasteiger partial charge >= 0.3 is 0 Å². The van der Waals surface area contributed by atoms with Gasteiger partial charge in [0, 0.05) is 18.7 Å². The van der Waals surface area contributed by atoms with Crippen LogP contribution in [0.25, 0.3) is 6.08 Å². The molecule has 0 atom stereocenters. The summed E-state index contributed by atoms with van der Waals surface area (Å²) in [5.41, 5.74) is 1.58. The maximum absolute atomic E-state index is 12.4. The van der Waals surface area contributed by atoms with Gasteiger partial charge in [-0.2, -0.15) is 5.26 Å². The van der Waals surface area contributed by atoms with Crippen LogP contribution in [0.1, 0.15) is 21.5 Å². The Morgan fingerprint density at radius 2 is 1.93 bits per heavy atom. The maximum atomic E-state index is 12.4. The molecule has 2 aromatic carbocycles. The van der Waals surface area contributed by atoms with Crippen LogP contribution in [-0.2, 0) is 4.79 Å². The minimum atomic E-state index is -0.366. The summed E-state index contributed by atoms with van der Waals surface area (Å²) in [6, 6.07) is 17.6. The van der Waals surface area contributed by atoms with E-state index in [4.69, 9.17) is 5.26 Å². The van der Waals surface area contributed by atoms with Crippen molar-refractivity contribution in [1.82, 2.24) is 10.2 Å². The summed E-state index contributed by atoms with van der Waals surface area (Å²) < 4.78 is 0. The summed E-state index contributed by atoms with van der Waals surface area (Å²) in [4.78, 5) is 38.1. The molecule has 0 radical (unpaired) electrons. The highest BCUT2D eigenvalue weighted by molar-refractivity contribution is 8.18. The molecule has 134 valence electrons. The van der Waals surface area contributed by atoms with Crippen LogP contribution in [-0.4, -0.2) is 35.0 Å². The van der Waals surface area contributed by atoms with Crippen LogP contribution in [0.4, 0.5) is 4.79 Å². The zero-order valence-electron chi connectivity index (χ0n) is 14.2. The van der Waals surface area contributed by atoms with Crippen molar-refractivity contribution in [3.05, 3.63) is 76.2 Å². The molecule has 1 heterocycles. The molecule has 0 spiro atoms. The van der Waals surface area contributed by atoms with Crippen LogP contribution in [0.15, 0.2) is 59.5 Å². The first-order valence-electron chi connectivity index (χ1n) is 8.17. The number of amides is 3. The Kier molecular flexibility index (Phi) is 5.69. The quantitative estimate of drug-likeness (QED) is 0.809. The van der Waals surface area contributed by atoms with Gasteiger partial charge in [-0.15, -0.1) is 0 Å². The Balaban J connectivity index is 1.59. The molecular weight excluding hydrogens is 362 g/mol. The number of nitriles is 1. The molecule has 1 fully saturated rings. The van der Waals surface area contributed by atoms with Crippen LogP contribution >= 0.6 is 11.8 Å². The van der Waals surface area contributed by atoms with Crippen molar-refractivity contribution in [2.75, 3.05) is 13.1 Å². The Morgan fingerprint density at radius 1 is 1.15 bits per heavy atom. The van der Waals surface area contributed by atoms with Crippen LogP contribution in [0.5, 0.6) is 0 Å². The van der Waals surface area contributed by atoms with E-state index in [9.17, 15) is 14.4 Å². The summed E-state index contributed by atoms with van der Waals surface area (Å²) in [5.74, 6) is -0.728. The largest absolute Gasteiger partial charge is 0.350 e. The lowest BCUT2D eigenvalue weighted by molar-refractivity contribution is -0.122. The lowest BCUT2D eigenvalue weighted by Gasteiger charge is -2.13. The molecule has 1 N–H and O–H groups in total. The number of imide groups is 1. The number of hydrogen-bond acceptors (Lipinski definition) is 5. The minimum Gasteiger partial charge on any atom is -0.350 e. The SMILES string of the molecule is N#Cc1cccc(C(=O)NCCN2C(=O)SC(=Cc3ccccc3)C2=O)c1. The van der Waals surface area contributed by atoms with E-state index in [1.54, 1.807) is 24.3 Å². The van der Waals surface area contributed by atoms with Gasteiger partial charge in [-0.1, -0.05) is 36.4 Å². The second-order valence-corrected chi connectivity index (χ2v) is 6.69. The predicted octanol–water partition coefficient (Wildman–Crippen LogP) is 3.02. The summed E-state index contributed by atoms with van der Waals surface area (Å²) in [6.45, 7) is 0.215. The minimum absolute atomic E-state index is 0.0838. The number of benzene rings is 2. The zero-order valence-corrected chi connectivity index (χ0v) is 15.0.